The summed E-state index contributed by atoms with van der Waals surface area (Å²) < 4.78 is 34.8. The number of nitrogens with zero attached hydrogens (tertiary/aromatic N) is 5. The number of halogens is 3. The van der Waals surface area contributed by atoms with Gasteiger partial charge >= 0.3 is 0 Å². The van der Waals surface area contributed by atoms with Gasteiger partial charge in [0.1, 0.15) is 23.0 Å². The number of imidazole rings is 1. The van der Waals surface area contributed by atoms with E-state index in [1.807, 2.05) is 31.2 Å². The van der Waals surface area contributed by atoms with E-state index in [1.54, 1.807) is 29.2 Å². The van der Waals surface area contributed by atoms with Crippen LogP contribution in [0.15, 0.2) is 48.8 Å². The lowest BCUT2D eigenvalue weighted by Crippen LogP contribution is -2.13. The number of fused-ring (bicyclic) bond motifs is 2. The van der Waals surface area contributed by atoms with Crippen molar-refractivity contribution in [3.63, 3.8) is 0 Å². The second-order valence-corrected chi connectivity index (χ2v) is 9.39. The molecule has 1 saturated carbocycles. The van der Waals surface area contributed by atoms with Crippen LogP contribution in [-0.2, 0) is 6.54 Å². The quantitative estimate of drug-likeness (QED) is 0.299. The molecule has 1 atom stereocenters. The molecule has 3 aromatic heterocycles. The fraction of sp³-hybridized carbons (Fsp3) is 0.280. The molecule has 178 valence electrons. The molecular weight excluding hydrogens is 474 g/mol. The number of rotatable bonds is 5. The fourth-order valence-corrected chi connectivity index (χ4v) is 4.87. The Hall–Kier alpha value is -3.59. The molecule has 1 unspecified atom stereocenters. The summed E-state index contributed by atoms with van der Waals surface area (Å²) in [6.45, 7) is 2.34. The third-order valence-electron chi connectivity index (χ3n) is 6.26. The van der Waals surface area contributed by atoms with E-state index in [-0.39, 0.29) is 23.9 Å². The molecule has 7 nitrogen and oxygen atoms in total. The summed E-state index contributed by atoms with van der Waals surface area (Å²) in [4.78, 5) is 16.8. The van der Waals surface area contributed by atoms with Crippen molar-refractivity contribution in [2.45, 2.75) is 38.7 Å². The summed E-state index contributed by atoms with van der Waals surface area (Å²) in [5.41, 5.74) is 4.18. The molecule has 0 aliphatic heterocycles. The number of ether oxygens (including phenoxy) is 1. The first-order valence-electron chi connectivity index (χ1n) is 11.3. The van der Waals surface area contributed by atoms with Gasteiger partial charge in [0.2, 0.25) is 5.92 Å². The van der Waals surface area contributed by atoms with Crippen LogP contribution in [0.3, 0.4) is 0 Å². The van der Waals surface area contributed by atoms with Gasteiger partial charge in [-0.15, -0.1) is 0 Å². The molecule has 5 aromatic rings. The van der Waals surface area contributed by atoms with Crippen molar-refractivity contribution in [2.24, 2.45) is 5.92 Å². The number of hydrogen-bond acceptors (Lipinski definition) is 5. The normalized spacial score (nSPS) is 17.4. The minimum absolute atomic E-state index is 0.0619. The average Bonchev–Trinajstić information content (AvgIpc) is 3.51. The zero-order chi connectivity index (χ0) is 24.2. The number of aromatic nitrogens is 6. The lowest BCUT2D eigenvalue weighted by molar-refractivity contribution is 0.00422. The van der Waals surface area contributed by atoms with Crippen molar-refractivity contribution in [3.05, 3.63) is 59.8 Å². The maximum Gasteiger partial charge on any atom is 0.248 e. The lowest BCUT2D eigenvalue weighted by atomic mass is 10.1. The minimum atomic E-state index is -2.57. The number of nitrogens with one attached hydrogen (secondary N) is 1. The number of aromatic amines is 1. The average molecular weight is 495 g/mol. The molecule has 2 aromatic carbocycles. The van der Waals surface area contributed by atoms with Gasteiger partial charge in [-0.05, 0) is 43.5 Å². The second-order valence-electron chi connectivity index (χ2n) is 9.03. The molecular formula is C25H21ClF2N6O. The van der Waals surface area contributed by atoms with Crippen molar-refractivity contribution in [1.29, 1.82) is 0 Å². The molecule has 0 amide bonds. The Morgan fingerprint density at radius 2 is 1.89 bits per heavy atom. The summed E-state index contributed by atoms with van der Waals surface area (Å²) in [6, 6.07) is 11.1. The molecule has 1 N–H and O–H groups in total. The molecule has 0 bridgehead atoms. The summed E-state index contributed by atoms with van der Waals surface area (Å²) >= 11 is 6.43. The Labute approximate surface area is 204 Å². The van der Waals surface area contributed by atoms with Gasteiger partial charge in [0.25, 0.3) is 0 Å². The summed E-state index contributed by atoms with van der Waals surface area (Å²) in [6.07, 6.45) is 3.74. The molecule has 35 heavy (non-hydrogen) atoms. The number of aryl methyl sites for hydroxylation is 1. The van der Waals surface area contributed by atoms with E-state index in [9.17, 15) is 8.78 Å². The summed E-state index contributed by atoms with van der Waals surface area (Å²) in [5.74, 6) is -0.557. The molecule has 0 saturated heterocycles. The predicted molar refractivity (Wildman–Crippen MR) is 129 cm³/mol. The van der Waals surface area contributed by atoms with E-state index in [4.69, 9.17) is 21.3 Å². The lowest BCUT2D eigenvalue weighted by Gasteiger charge is -2.10. The topological polar surface area (TPSA) is 81.5 Å². The summed E-state index contributed by atoms with van der Waals surface area (Å²) in [5, 5.41) is 4.59. The number of alkyl halides is 2. The number of H-pyrrole nitrogens is 1. The molecule has 1 aliphatic carbocycles. The highest BCUT2D eigenvalue weighted by molar-refractivity contribution is 6.32. The Morgan fingerprint density at radius 1 is 1.09 bits per heavy atom. The first-order valence-corrected chi connectivity index (χ1v) is 11.7. The molecule has 1 aliphatic rings. The van der Waals surface area contributed by atoms with Gasteiger partial charge in [-0.2, -0.15) is 5.10 Å². The van der Waals surface area contributed by atoms with Crippen LogP contribution in [0.1, 0.15) is 25.1 Å². The molecule has 3 heterocycles. The Bertz CT molecular complexity index is 1560. The largest absolute Gasteiger partial charge is 0.457 e. The van der Waals surface area contributed by atoms with Crippen LogP contribution in [0.25, 0.3) is 33.3 Å². The first-order chi connectivity index (χ1) is 16.8. The third kappa shape index (κ3) is 4.43. The van der Waals surface area contributed by atoms with Crippen LogP contribution in [0, 0.1) is 12.8 Å². The van der Waals surface area contributed by atoms with E-state index in [0.29, 0.717) is 46.8 Å². The molecule has 0 spiro atoms. The van der Waals surface area contributed by atoms with E-state index >= 15 is 0 Å². The highest BCUT2D eigenvalue weighted by Crippen LogP contribution is 2.39. The van der Waals surface area contributed by atoms with Gasteiger partial charge in [0.15, 0.2) is 5.15 Å². The van der Waals surface area contributed by atoms with Crippen LogP contribution >= 0.6 is 11.6 Å². The van der Waals surface area contributed by atoms with Crippen molar-refractivity contribution < 1.29 is 13.5 Å². The van der Waals surface area contributed by atoms with Gasteiger partial charge in [0.05, 0.1) is 28.3 Å². The van der Waals surface area contributed by atoms with Gasteiger partial charge in [-0.1, -0.05) is 11.6 Å². The number of hydrogen-bond donors (Lipinski definition) is 1. The maximum absolute atomic E-state index is 13.5. The Kier molecular flexibility index (Phi) is 5.17. The van der Waals surface area contributed by atoms with E-state index in [0.717, 1.165) is 16.9 Å². The van der Waals surface area contributed by atoms with Crippen molar-refractivity contribution in [1.82, 2.24) is 29.7 Å². The zero-order valence-electron chi connectivity index (χ0n) is 18.8. The monoisotopic (exact) mass is 494 g/mol. The van der Waals surface area contributed by atoms with Crippen LogP contribution in [0.4, 0.5) is 8.78 Å². The van der Waals surface area contributed by atoms with Crippen LogP contribution in [0.2, 0.25) is 5.15 Å². The standard InChI is InChI=1S/C25H21ClF2N6O/c1-14-30-19-4-2-17(8-21(19)31-14)35-18-3-5-20-22(9-18)32-23(24(26)33-20)16-11-29-34(13-16)12-15-6-7-25(27,28)10-15/h2-5,8-9,11,13,15H,6-7,10,12H2,1H3,(H,30,31). The number of benzene rings is 2. The van der Waals surface area contributed by atoms with E-state index < -0.39 is 5.92 Å². The minimum Gasteiger partial charge on any atom is -0.457 e. The fourth-order valence-electron chi connectivity index (χ4n) is 4.62. The smallest absolute Gasteiger partial charge is 0.248 e. The van der Waals surface area contributed by atoms with Gasteiger partial charge in [-0.25, -0.2) is 23.7 Å². The van der Waals surface area contributed by atoms with Gasteiger partial charge in [0, 0.05) is 43.3 Å². The Balaban J connectivity index is 1.26. The van der Waals surface area contributed by atoms with Crippen molar-refractivity contribution in [3.8, 4) is 22.8 Å². The van der Waals surface area contributed by atoms with Crippen molar-refractivity contribution in [2.75, 3.05) is 0 Å². The predicted octanol–water partition coefficient (Wildman–Crippen LogP) is 6.56. The second kappa shape index (κ2) is 8.27. The van der Waals surface area contributed by atoms with Crippen LogP contribution in [0.5, 0.6) is 11.5 Å². The van der Waals surface area contributed by atoms with E-state index in [1.165, 1.54) is 0 Å². The van der Waals surface area contributed by atoms with Crippen LogP contribution < -0.4 is 4.74 Å². The Morgan fingerprint density at radius 3 is 2.69 bits per heavy atom. The SMILES string of the molecule is Cc1nc2ccc(Oc3ccc4nc(Cl)c(-c5cnn(CC6CCC(F)(F)C6)c5)nc4c3)cc2[nH]1. The third-order valence-corrected chi connectivity index (χ3v) is 6.52. The van der Waals surface area contributed by atoms with Gasteiger partial charge in [-0.3, -0.25) is 4.68 Å². The first kappa shape index (κ1) is 21.9. The summed E-state index contributed by atoms with van der Waals surface area (Å²) in [7, 11) is 0. The highest BCUT2D eigenvalue weighted by Gasteiger charge is 2.39. The molecule has 10 heteroatoms. The van der Waals surface area contributed by atoms with E-state index in [2.05, 4.69) is 20.1 Å². The zero-order valence-corrected chi connectivity index (χ0v) is 19.6. The highest BCUT2D eigenvalue weighted by atomic mass is 35.5. The molecule has 0 radical (unpaired) electrons. The maximum atomic E-state index is 13.5. The van der Waals surface area contributed by atoms with Crippen LogP contribution in [-0.4, -0.2) is 35.6 Å². The molecule has 1 fully saturated rings. The van der Waals surface area contributed by atoms with Gasteiger partial charge < -0.3 is 9.72 Å². The molecule has 6 rings (SSSR count). The van der Waals surface area contributed by atoms with Crippen molar-refractivity contribution >= 4 is 33.7 Å².